The summed E-state index contributed by atoms with van der Waals surface area (Å²) >= 11 is 0. The van der Waals surface area contributed by atoms with Crippen LogP contribution in [0.1, 0.15) is 0 Å². The molecule has 6 nitrogen and oxygen atoms in total. The van der Waals surface area contributed by atoms with E-state index in [0.717, 1.165) is 61.6 Å². The van der Waals surface area contributed by atoms with Gasteiger partial charge >= 0.3 is 0 Å². The van der Waals surface area contributed by atoms with E-state index >= 15 is 0 Å². The molecule has 0 saturated carbocycles. The lowest BCUT2D eigenvalue weighted by Gasteiger charge is -2.15. The normalized spacial score (nSPS) is 11.9. The van der Waals surface area contributed by atoms with Gasteiger partial charge in [0.15, 0.2) is 0 Å². The number of pyridine rings is 2. The van der Waals surface area contributed by atoms with Gasteiger partial charge in [0.2, 0.25) is 5.78 Å². The van der Waals surface area contributed by atoms with Crippen LogP contribution in [-0.4, -0.2) is 28.5 Å². The van der Waals surface area contributed by atoms with Crippen LogP contribution in [0.15, 0.2) is 134 Å². The van der Waals surface area contributed by atoms with Gasteiger partial charge in [0, 0.05) is 28.7 Å². The van der Waals surface area contributed by atoms with Gasteiger partial charge in [-0.05, 0) is 60.7 Å². The van der Waals surface area contributed by atoms with E-state index in [1.165, 1.54) is 10.8 Å². The summed E-state index contributed by atoms with van der Waals surface area (Å²) in [6, 6.07) is 41.9. The largest absolute Gasteiger partial charge is 0.293 e. The lowest BCUT2D eigenvalue weighted by Crippen LogP contribution is -2.04. The highest BCUT2D eigenvalue weighted by Crippen LogP contribution is 2.37. The first-order chi connectivity index (χ1) is 20.4. The summed E-state index contributed by atoms with van der Waals surface area (Å²) in [7, 11) is 0. The maximum atomic E-state index is 5.10. The number of benzene rings is 4. The second-order valence-electron chi connectivity index (χ2n) is 10.2. The van der Waals surface area contributed by atoms with Gasteiger partial charge in [0.25, 0.3) is 0 Å². The summed E-state index contributed by atoms with van der Waals surface area (Å²) in [5.41, 5.74) is 9.16. The minimum atomic E-state index is 0.839. The zero-order valence-corrected chi connectivity index (χ0v) is 21.9. The lowest BCUT2D eigenvalue weighted by molar-refractivity contribution is 1.06. The Balaban J connectivity index is 1.38. The molecule has 0 amide bonds. The monoisotopic (exact) mass is 526 g/mol. The van der Waals surface area contributed by atoms with Crippen molar-refractivity contribution in [2.45, 2.75) is 0 Å². The van der Waals surface area contributed by atoms with Gasteiger partial charge in [0.05, 0.1) is 44.5 Å². The Bertz CT molecular complexity index is 2390. The maximum Gasteiger partial charge on any atom is 0.220 e. The SMILES string of the molecule is c1cnc(-n2c3ccccc3c3ccccc32)c(-c2ncccc2-n2c3ccccc3n3c4ccccc4nc23)c1. The first-order valence-corrected chi connectivity index (χ1v) is 13.6. The van der Waals surface area contributed by atoms with E-state index in [2.05, 4.69) is 117 Å². The minimum absolute atomic E-state index is 0.839. The molecule has 0 spiro atoms. The van der Waals surface area contributed by atoms with Crippen molar-refractivity contribution in [1.82, 2.24) is 28.5 Å². The number of nitrogens with zero attached hydrogens (tertiary/aromatic N) is 6. The molecule has 41 heavy (non-hydrogen) atoms. The Morgan fingerprint density at radius 2 is 1.07 bits per heavy atom. The van der Waals surface area contributed by atoms with Crippen molar-refractivity contribution in [3.8, 4) is 22.8 Å². The molecule has 0 aliphatic carbocycles. The van der Waals surface area contributed by atoms with E-state index < -0.39 is 0 Å². The van der Waals surface area contributed by atoms with Crippen molar-refractivity contribution >= 4 is 49.7 Å². The zero-order valence-electron chi connectivity index (χ0n) is 21.9. The molecule has 0 bridgehead atoms. The van der Waals surface area contributed by atoms with Crippen LogP contribution in [0.5, 0.6) is 0 Å². The number of fused-ring (bicyclic) bond motifs is 8. The highest BCUT2D eigenvalue weighted by atomic mass is 15.2. The second-order valence-corrected chi connectivity index (χ2v) is 10.2. The summed E-state index contributed by atoms with van der Waals surface area (Å²) in [6.45, 7) is 0. The Labute approximate surface area is 234 Å². The van der Waals surface area contributed by atoms with Crippen LogP contribution in [0.4, 0.5) is 0 Å². The fourth-order valence-corrected chi connectivity index (χ4v) is 6.28. The van der Waals surface area contributed by atoms with Crippen LogP contribution in [0.3, 0.4) is 0 Å². The van der Waals surface area contributed by atoms with Crippen molar-refractivity contribution in [1.29, 1.82) is 0 Å². The molecule has 0 saturated heterocycles. The lowest BCUT2D eigenvalue weighted by atomic mass is 10.1. The quantitative estimate of drug-likeness (QED) is 0.234. The number of para-hydroxylation sites is 6. The number of aromatic nitrogens is 6. The number of hydrogen-bond acceptors (Lipinski definition) is 3. The third-order valence-corrected chi connectivity index (χ3v) is 7.97. The van der Waals surface area contributed by atoms with Crippen molar-refractivity contribution in [3.63, 3.8) is 0 Å². The first kappa shape index (κ1) is 22.1. The van der Waals surface area contributed by atoms with Gasteiger partial charge in [-0.15, -0.1) is 0 Å². The average Bonchev–Trinajstić information content (AvgIpc) is 3.68. The fraction of sp³-hybridized carbons (Fsp3) is 0. The van der Waals surface area contributed by atoms with Crippen LogP contribution in [0.25, 0.3) is 72.4 Å². The van der Waals surface area contributed by atoms with Gasteiger partial charge < -0.3 is 0 Å². The molecule has 9 rings (SSSR count). The standard InChI is InChI=1S/C35H22N6/c1-4-15-27-23(11-1)24-12-2-5-16-28(24)39(27)34-25(13-9-22-37-34)33-32(20-10-21-36-33)41-31-19-8-7-18-30(31)40-29-17-6-3-14-26(29)38-35(40)41/h1-22H. The molecule has 0 aliphatic heterocycles. The zero-order chi connectivity index (χ0) is 26.9. The smallest absolute Gasteiger partial charge is 0.220 e. The van der Waals surface area contributed by atoms with Crippen LogP contribution >= 0.6 is 0 Å². The van der Waals surface area contributed by atoms with Gasteiger partial charge in [-0.1, -0.05) is 60.7 Å². The Hall–Kier alpha value is -5.75. The van der Waals surface area contributed by atoms with Gasteiger partial charge in [-0.25, -0.2) is 9.97 Å². The van der Waals surface area contributed by atoms with E-state index in [1.54, 1.807) is 0 Å². The van der Waals surface area contributed by atoms with Gasteiger partial charge in [-0.2, -0.15) is 0 Å². The molecule has 0 unspecified atom stereocenters. The minimum Gasteiger partial charge on any atom is -0.293 e. The summed E-state index contributed by atoms with van der Waals surface area (Å²) in [5.74, 6) is 1.69. The molecule has 0 fully saturated rings. The predicted octanol–water partition coefficient (Wildman–Crippen LogP) is 7.99. The van der Waals surface area contributed by atoms with Crippen LogP contribution < -0.4 is 0 Å². The Kier molecular flexibility index (Phi) is 4.51. The van der Waals surface area contributed by atoms with Crippen molar-refractivity contribution in [3.05, 3.63) is 134 Å². The van der Waals surface area contributed by atoms with Crippen LogP contribution in [0.2, 0.25) is 0 Å². The van der Waals surface area contributed by atoms with Crippen LogP contribution in [0, 0.1) is 0 Å². The average molecular weight is 527 g/mol. The molecule has 0 radical (unpaired) electrons. The molecule has 6 heteroatoms. The topological polar surface area (TPSA) is 52.9 Å². The van der Waals surface area contributed by atoms with E-state index in [4.69, 9.17) is 15.0 Å². The third-order valence-electron chi connectivity index (χ3n) is 7.97. The summed E-state index contributed by atoms with van der Waals surface area (Å²) < 4.78 is 6.71. The summed E-state index contributed by atoms with van der Waals surface area (Å²) in [4.78, 5) is 15.1. The number of rotatable bonds is 3. The predicted molar refractivity (Wildman–Crippen MR) is 165 cm³/mol. The Morgan fingerprint density at radius 1 is 0.463 bits per heavy atom. The van der Waals surface area contributed by atoms with E-state index in [0.29, 0.717) is 0 Å². The molecule has 9 aromatic rings. The second kappa shape index (κ2) is 8.37. The van der Waals surface area contributed by atoms with Crippen molar-refractivity contribution in [2.24, 2.45) is 0 Å². The van der Waals surface area contributed by atoms with Crippen LogP contribution in [-0.2, 0) is 0 Å². The highest BCUT2D eigenvalue weighted by molar-refractivity contribution is 6.09. The molecular weight excluding hydrogens is 504 g/mol. The summed E-state index contributed by atoms with van der Waals surface area (Å²) in [5, 5.41) is 2.39. The highest BCUT2D eigenvalue weighted by Gasteiger charge is 2.22. The molecule has 5 aromatic heterocycles. The third kappa shape index (κ3) is 3.04. The number of hydrogen-bond donors (Lipinski definition) is 0. The van der Waals surface area contributed by atoms with Gasteiger partial charge in [0.1, 0.15) is 5.82 Å². The van der Waals surface area contributed by atoms with E-state index in [9.17, 15) is 0 Å². The fourth-order valence-electron chi connectivity index (χ4n) is 6.28. The molecule has 5 heterocycles. The van der Waals surface area contributed by atoms with E-state index in [-0.39, 0.29) is 0 Å². The maximum absolute atomic E-state index is 5.10. The molecule has 0 atom stereocenters. The first-order valence-electron chi connectivity index (χ1n) is 13.6. The van der Waals surface area contributed by atoms with Crippen molar-refractivity contribution in [2.75, 3.05) is 0 Å². The molecule has 192 valence electrons. The Morgan fingerprint density at radius 3 is 1.85 bits per heavy atom. The number of imidazole rings is 2. The van der Waals surface area contributed by atoms with Gasteiger partial charge in [-0.3, -0.25) is 18.5 Å². The summed E-state index contributed by atoms with van der Waals surface area (Å²) in [6.07, 6.45) is 3.71. The molecule has 0 N–H and O–H groups in total. The van der Waals surface area contributed by atoms with Crippen molar-refractivity contribution < 1.29 is 0 Å². The molecule has 0 aliphatic rings. The molecular formula is C35H22N6. The molecule has 4 aromatic carbocycles. The van der Waals surface area contributed by atoms with E-state index in [1.807, 2.05) is 30.6 Å².